The van der Waals surface area contributed by atoms with Crippen molar-refractivity contribution in [1.29, 1.82) is 5.26 Å². The number of nitrogens with one attached hydrogen (secondary N) is 1. The molecule has 0 saturated carbocycles. The van der Waals surface area contributed by atoms with E-state index in [0.29, 0.717) is 5.69 Å². The predicted octanol–water partition coefficient (Wildman–Crippen LogP) is 2.46. The lowest BCUT2D eigenvalue weighted by atomic mass is 10.3. The quantitative estimate of drug-likeness (QED) is 0.724. The molecule has 0 aromatic carbocycles. The summed E-state index contributed by atoms with van der Waals surface area (Å²) in [6, 6.07) is 5.67. The van der Waals surface area contributed by atoms with E-state index >= 15 is 0 Å². The van der Waals surface area contributed by atoms with Gasteiger partial charge in [-0.15, -0.1) is 11.8 Å². The van der Waals surface area contributed by atoms with Crippen molar-refractivity contribution < 1.29 is 0 Å². The number of fused-ring (bicyclic) bond motifs is 1. The Balaban J connectivity index is 2.79. The van der Waals surface area contributed by atoms with Crippen molar-refractivity contribution >= 4 is 22.8 Å². The fourth-order valence-electron chi connectivity index (χ4n) is 1.48. The van der Waals surface area contributed by atoms with Gasteiger partial charge in [0.15, 0.2) is 0 Å². The number of pyridine rings is 1. The highest BCUT2D eigenvalue weighted by molar-refractivity contribution is 7.98. The molecule has 0 spiro atoms. The van der Waals surface area contributed by atoms with E-state index in [0.717, 1.165) is 21.6 Å². The van der Waals surface area contributed by atoms with Crippen molar-refractivity contribution in [2.75, 3.05) is 6.26 Å². The molecule has 0 fully saturated rings. The van der Waals surface area contributed by atoms with Crippen LogP contribution >= 0.6 is 11.8 Å². The van der Waals surface area contributed by atoms with Crippen molar-refractivity contribution in [3.8, 4) is 6.07 Å². The van der Waals surface area contributed by atoms with Gasteiger partial charge in [-0.2, -0.15) is 5.26 Å². The van der Waals surface area contributed by atoms with Crippen molar-refractivity contribution in [2.24, 2.45) is 0 Å². The summed E-state index contributed by atoms with van der Waals surface area (Å²) in [5.74, 6) is 0. The summed E-state index contributed by atoms with van der Waals surface area (Å²) in [5.41, 5.74) is 3.46. The van der Waals surface area contributed by atoms with Crippen LogP contribution in [0.2, 0.25) is 0 Å². The van der Waals surface area contributed by atoms with Gasteiger partial charge in [0.2, 0.25) is 0 Å². The first-order valence-corrected chi connectivity index (χ1v) is 5.42. The van der Waals surface area contributed by atoms with Gasteiger partial charge in [-0.3, -0.25) is 0 Å². The molecule has 0 aliphatic carbocycles. The van der Waals surface area contributed by atoms with Gasteiger partial charge in [0.1, 0.15) is 17.3 Å². The van der Waals surface area contributed by atoms with Crippen molar-refractivity contribution in [3.05, 3.63) is 23.5 Å². The summed E-state index contributed by atoms with van der Waals surface area (Å²) in [5, 5.41) is 8.74. The Kier molecular flexibility index (Phi) is 2.18. The molecule has 2 rings (SSSR count). The van der Waals surface area contributed by atoms with E-state index in [2.05, 4.69) is 9.97 Å². The Bertz CT molecular complexity index is 522. The third-order valence-electron chi connectivity index (χ3n) is 2.09. The third kappa shape index (κ3) is 1.26. The minimum atomic E-state index is 0.465. The molecule has 2 heterocycles. The Morgan fingerprint density at radius 1 is 1.50 bits per heavy atom. The van der Waals surface area contributed by atoms with Crippen molar-refractivity contribution in [3.63, 3.8) is 0 Å². The number of nitrogens with zero attached hydrogens (tertiary/aromatic N) is 2. The fraction of sp³-hybridized carbons (Fsp3) is 0.200. The summed E-state index contributed by atoms with van der Waals surface area (Å²) in [6.45, 7) is 2.01. The number of thioether (sulfide) groups is 1. The number of aromatic nitrogens is 2. The Labute approximate surface area is 86.2 Å². The number of rotatable bonds is 1. The second kappa shape index (κ2) is 3.35. The van der Waals surface area contributed by atoms with Gasteiger partial charge in [0.25, 0.3) is 0 Å². The topological polar surface area (TPSA) is 52.5 Å². The molecule has 0 aliphatic rings. The molecule has 0 atom stereocenters. The normalized spacial score (nSPS) is 10.4. The van der Waals surface area contributed by atoms with Crippen LogP contribution in [0.25, 0.3) is 11.0 Å². The monoisotopic (exact) mass is 203 g/mol. The summed E-state index contributed by atoms with van der Waals surface area (Å²) >= 11 is 1.65. The van der Waals surface area contributed by atoms with Crippen LogP contribution in [0, 0.1) is 18.3 Å². The van der Waals surface area contributed by atoms with E-state index in [1.807, 2.05) is 25.3 Å². The summed E-state index contributed by atoms with van der Waals surface area (Å²) < 4.78 is 0. The summed E-state index contributed by atoms with van der Waals surface area (Å²) in [6.07, 6.45) is 2.01. The van der Waals surface area contributed by atoms with Gasteiger partial charge in [-0.05, 0) is 25.3 Å². The molecule has 0 amide bonds. The number of hydrogen-bond acceptors (Lipinski definition) is 3. The molecule has 2 aromatic heterocycles. The van der Waals surface area contributed by atoms with Crippen LogP contribution in [-0.2, 0) is 0 Å². The molecule has 14 heavy (non-hydrogen) atoms. The van der Waals surface area contributed by atoms with E-state index in [9.17, 15) is 0 Å². The average Bonchev–Trinajstić information content (AvgIpc) is 2.52. The van der Waals surface area contributed by atoms with Gasteiger partial charge in [0, 0.05) is 5.69 Å². The number of H-pyrrole nitrogens is 1. The molecule has 0 unspecified atom stereocenters. The largest absolute Gasteiger partial charge is 0.356 e. The van der Waals surface area contributed by atoms with Crippen LogP contribution in [0.15, 0.2) is 17.0 Å². The lowest BCUT2D eigenvalue weighted by Gasteiger charge is -1.93. The molecule has 0 bridgehead atoms. The maximum Gasteiger partial charge on any atom is 0.141 e. The van der Waals surface area contributed by atoms with E-state index in [-0.39, 0.29) is 0 Å². The lowest BCUT2D eigenvalue weighted by molar-refractivity contribution is 1.22. The van der Waals surface area contributed by atoms with Crippen LogP contribution in [0.1, 0.15) is 11.4 Å². The third-order valence-corrected chi connectivity index (χ3v) is 3.00. The van der Waals surface area contributed by atoms with Crippen LogP contribution in [0.5, 0.6) is 0 Å². The Hall–Kier alpha value is -1.47. The highest BCUT2D eigenvalue weighted by atomic mass is 32.2. The molecule has 4 heteroatoms. The van der Waals surface area contributed by atoms with E-state index in [1.54, 1.807) is 17.8 Å². The zero-order valence-electron chi connectivity index (χ0n) is 7.96. The predicted molar refractivity (Wildman–Crippen MR) is 57.3 cm³/mol. The zero-order chi connectivity index (χ0) is 10.1. The molecule has 70 valence electrons. The van der Waals surface area contributed by atoms with Gasteiger partial charge >= 0.3 is 0 Å². The van der Waals surface area contributed by atoms with Gasteiger partial charge < -0.3 is 4.98 Å². The minimum absolute atomic E-state index is 0.465. The summed E-state index contributed by atoms with van der Waals surface area (Å²) in [4.78, 5) is 8.63. The van der Waals surface area contributed by atoms with Crippen molar-refractivity contribution in [2.45, 2.75) is 11.8 Å². The molecular weight excluding hydrogens is 194 g/mol. The summed E-state index contributed by atoms with van der Waals surface area (Å²) in [7, 11) is 0. The maximum absolute atomic E-state index is 8.74. The van der Waals surface area contributed by atoms with E-state index in [1.165, 1.54) is 0 Å². The van der Waals surface area contributed by atoms with Gasteiger partial charge in [-0.1, -0.05) is 0 Å². The second-order valence-corrected chi connectivity index (χ2v) is 3.80. The number of nitriles is 1. The zero-order valence-corrected chi connectivity index (χ0v) is 8.77. The molecule has 1 N–H and O–H groups in total. The minimum Gasteiger partial charge on any atom is -0.356 e. The Morgan fingerprint density at radius 3 is 2.93 bits per heavy atom. The van der Waals surface area contributed by atoms with Crippen LogP contribution < -0.4 is 0 Å². The molecule has 0 saturated heterocycles. The molecule has 0 aliphatic heterocycles. The van der Waals surface area contributed by atoms with Crippen LogP contribution in [-0.4, -0.2) is 16.2 Å². The molecule has 3 nitrogen and oxygen atoms in total. The SMILES string of the molecule is CSc1c(C)[nH]c2ccc(C#N)nc12. The van der Waals surface area contributed by atoms with Gasteiger partial charge in [-0.25, -0.2) is 4.98 Å². The number of aromatic amines is 1. The number of aryl methyl sites for hydroxylation is 1. The van der Waals surface area contributed by atoms with E-state index < -0.39 is 0 Å². The highest BCUT2D eigenvalue weighted by Gasteiger charge is 2.08. The van der Waals surface area contributed by atoms with Crippen LogP contribution in [0.3, 0.4) is 0 Å². The molecule has 2 aromatic rings. The Morgan fingerprint density at radius 2 is 2.29 bits per heavy atom. The molecule has 0 radical (unpaired) electrons. The average molecular weight is 203 g/mol. The fourth-order valence-corrected chi connectivity index (χ4v) is 2.19. The van der Waals surface area contributed by atoms with Gasteiger partial charge in [0.05, 0.1) is 10.4 Å². The highest BCUT2D eigenvalue weighted by Crippen LogP contribution is 2.28. The first-order chi connectivity index (χ1) is 6.76. The first-order valence-electron chi connectivity index (χ1n) is 4.19. The standard InChI is InChI=1S/C10H9N3S/c1-6-10(14-2)9-8(12-6)4-3-7(5-11)13-9/h3-4,12H,1-2H3. The van der Waals surface area contributed by atoms with Crippen molar-refractivity contribution in [1.82, 2.24) is 9.97 Å². The maximum atomic E-state index is 8.74. The van der Waals surface area contributed by atoms with E-state index in [4.69, 9.17) is 5.26 Å². The molecular formula is C10H9N3S. The second-order valence-electron chi connectivity index (χ2n) is 2.99. The van der Waals surface area contributed by atoms with Crippen LogP contribution in [0.4, 0.5) is 0 Å². The lowest BCUT2D eigenvalue weighted by Crippen LogP contribution is -1.82. The first kappa shape index (κ1) is 9.10. The number of hydrogen-bond donors (Lipinski definition) is 1. The smallest absolute Gasteiger partial charge is 0.141 e.